The zero-order chi connectivity index (χ0) is 22.6. The van der Waals surface area contributed by atoms with Crippen molar-refractivity contribution in [3.8, 4) is 0 Å². The Balaban J connectivity index is 1.56. The fraction of sp³-hybridized carbons (Fsp3) is 0.593. The Hall–Kier alpha value is -2.07. The predicted octanol–water partition coefficient (Wildman–Crippen LogP) is 5.30. The molecule has 0 N–H and O–H groups in total. The van der Waals surface area contributed by atoms with Crippen LogP contribution >= 0.6 is 0 Å². The maximum atomic E-state index is 12.9. The molecule has 1 atom stereocenters. The van der Waals surface area contributed by atoms with Crippen molar-refractivity contribution in [2.75, 3.05) is 27.2 Å². The third kappa shape index (κ3) is 4.19. The summed E-state index contributed by atoms with van der Waals surface area (Å²) in [5.41, 5.74) is 5.97. The van der Waals surface area contributed by atoms with E-state index in [-0.39, 0.29) is 22.8 Å². The third-order valence-electron chi connectivity index (χ3n) is 7.78. The molecule has 1 aliphatic carbocycles. The number of fused-ring (bicyclic) bond motifs is 1. The largest absolute Gasteiger partial charge is 0.456 e. The van der Waals surface area contributed by atoms with Gasteiger partial charge in [0, 0.05) is 26.1 Å². The first-order valence-electron chi connectivity index (χ1n) is 11.7. The summed E-state index contributed by atoms with van der Waals surface area (Å²) < 4.78 is 6.04. The van der Waals surface area contributed by atoms with E-state index in [9.17, 15) is 4.79 Å². The molecule has 0 radical (unpaired) electrons. The molecule has 2 aromatic rings. The monoisotopic (exact) mass is 422 g/mol. The predicted molar refractivity (Wildman–Crippen MR) is 126 cm³/mol. The summed E-state index contributed by atoms with van der Waals surface area (Å²) in [6.45, 7) is 13.6. The Labute approximate surface area is 187 Å². The van der Waals surface area contributed by atoms with Crippen LogP contribution in [0.15, 0.2) is 28.7 Å². The number of furan rings is 1. The van der Waals surface area contributed by atoms with Gasteiger partial charge in [0.15, 0.2) is 5.76 Å². The van der Waals surface area contributed by atoms with E-state index in [0.717, 1.165) is 31.7 Å². The number of aryl methyl sites for hydroxylation is 1. The van der Waals surface area contributed by atoms with Gasteiger partial charge in [0.2, 0.25) is 0 Å². The standard InChI is InChI=1S/C27H38N2O2/c1-18-14-22-23(27(4,5)12-11-26(22,2)3)16-19(18)15-21-8-9-24(31-21)25(30)29(7)20-10-13-28(6)17-20/h8-9,14,16,20H,10-13,15,17H2,1-7H3. The smallest absolute Gasteiger partial charge is 0.289 e. The fourth-order valence-corrected chi connectivity index (χ4v) is 5.30. The van der Waals surface area contributed by atoms with E-state index < -0.39 is 0 Å². The summed E-state index contributed by atoms with van der Waals surface area (Å²) in [4.78, 5) is 17.0. The first-order valence-corrected chi connectivity index (χ1v) is 11.7. The van der Waals surface area contributed by atoms with Crippen LogP contribution in [0.3, 0.4) is 0 Å². The van der Waals surface area contributed by atoms with Crippen molar-refractivity contribution < 1.29 is 9.21 Å². The summed E-state index contributed by atoms with van der Waals surface area (Å²) >= 11 is 0. The maximum Gasteiger partial charge on any atom is 0.289 e. The molecular weight excluding hydrogens is 384 g/mol. The molecule has 1 aromatic heterocycles. The minimum atomic E-state index is -0.0170. The zero-order valence-electron chi connectivity index (χ0n) is 20.3. The fourth-order valence-electron chi connectivity index (χ4n) is 5.30. The van der Waals surface area contributed by atoms with E-state index in [4.69, 9.17) is 4.42 Å². The number of likely N-dealkylation sites (tertiary alicyclic amines) is 1. The second-order valence-electron chi connectivity index (χ2n) is 11.2. The van der Waals surface area contributed by atoms with Crippen LogP contribution in [0.25, 0.3) is 0 Å². The van der Waals surface area contributed by atoms with Crippen molar-refractivity contribution in [2.45, 2.75) is 77.2 Å². The summed E-state index contributed by atoms with van der Waals surface area (Å²) in [5, 5.41) is 0. The highest BCUT2D eigenvalue weighted by molar-refractivity contribution is 5.91. The van der Waals surface area contributed by atoms with E-state index in [1.54, 1.807) is 0 Å². The van der Waals surface area contributed by atoms with Crippen molar-refractivity contribution in [3.05, 3.63) is 58.0 Å². The highest BCUT2D eigenvalue weighted by Gasteiger charge is 2.37. The summed E-state index contributed by atoms with van der Waals surface area (Å²) in [6.07, 6.45) is 4.17. The molecule has 31 heavy (non-hydrogen) atoms. The van der Waals surface area contributed by atoms with Crippen LogP contribution in [0, 0.1) is 6.92 Å². The molecule has 4 heteroatoms. The Morgan fingerprint density at radius 2 is 1.77 bits per heavy atom. The number of likely N-dealkylation sites (N-methyl/N-ethyl adjacent to an activating group) is 2. The molecule has 4 rings (SSSR count). The van der Waals surface area contributed by atoms with Gasteiger partial charge in [0.1, 0.15) is 5.76 Å². The second-order valence-corrected chi connectivity index (χ2v) is 11.2. The highest BCUT2D eigenvalue weighted by Crippen LogP contribution is 2.46. The lowest BCUT2D eigenvalue weighted by atomic mass is 9.62. The molecule has 0 saturated carbocycles. The van der Waals surface area contributed by atoms with Crippen LogP contribution in [-0.4, -0.2) is 48.9 Å². The van der Waals surface area contributed by atoms with E-state index in [0.29, 0.717) is 5.76 Å². The number of hydrogen-bond acceptors (Lipinski definition) is 3. The van der Waals surface area contributed by atoms with Gasteiger partial charge in [-0.15, -0.1) is 0 Å². The number of benzene rings is 1. The van der Waals surface area contributed by atoms with Crippen molar-refractivity contribution in [1.82, 2.24) is 9.80 Å². The molecule has 4 nitrogen and oxygen atoms in total. The number of rotatable bonds is 4. The van der Waals surface area contributed by atoms with E-state index in [1.807, 2.05) is 24.1 Å². The van der Waals surface area contributed by atoms with Gasteiger partial charge in [0.25, 0.3) is 5.91 Å². The van der Waals surface area contributed by atoms with Crippen LogP contribution in [0.2, 0.25) is 0 Å². The number of hydrogen-bond donors (Lipinski definition) is 0. The minimum Gasteiger partial charge on any atom is -0.456 e. The number of carbonyl (C=O) groups is 1. The van der Waals surface area contributed by atoms with Crippen molar-refractivity contribution in [1.29, 1.82) is 0 Å². The number of carbonyl (C=O) groups excluding carboxylic acids is 1. The zero-order valence-corrected chi connectivity index (χ0v) is 20.3. The lowest BCUT2D eigenvalue weighted by Gasteiger charge is -2.42. The molecule has 0 bridgehead atoms. The molecule has 1 fully saturated rings. The average Bonchev–Trinajstić information content (AvgIpc) is 3.35. The first kappa shape index (κ1) is 22.1. The summed E-state index contributed by atoms with van der Waals surface area (Å²) in [7, 11) is 4.00. The Morgan fingerprint density at radius 1 is 1.13 bits per heavy atom. The van der Waals surface area contributed by atoms with Crippen molar-refractivity contribution in [3.63, 3.8) is 0 Å². The molecule has 1 amide bonds. The molecule has 2 heterocycles. The van der Waals surface area contributed by atoms with Crippen LogP contribution in [0.5, 0.6) is 0 Å². The molecule has 168 valence electrons. The quantitative estimate of drug-likeness (QED) is 0.670. The molecule has 1 unspecified atom stereocenters. The number of nitrogens with zero attached hydrogens (tertiary/aromatic N) is 2. The van der Waals surface area contributed by atoms with Gasteiger partial charge in [-0.05, 0) is 85.0 Å². The molecular formula is C27H38N2O2. The molecule has 1 aromatic carbocycles. The van der Waals surface area contributed by atoms with Gasteiger partial charge in [-0.2, -0.15) is 0 Å². The van der Waals surface area contributed by atoms with Gasteiger partial charge in [0.05, 0.1) is 0 Å². The van der Waals surface area contributed by atoms with Crippen LogP contribution in [0.4, 0.5) is 0 Å². The lowest BCUT2D eigenvalue weighted by molar-refractivity contribution is 0.0703. The minimum absolute atomic E-state index is 0.0170. The normalized spacial score (nSPS) is 22.4. The number of amides is 1. The van der Waals surface area contributed by atoms with Crippen LogP contribution in [0.1, 0.15) is 85.5 Å². The van der Waals surface area contributed by atoms with Crippen LogP contribution < -0.4 is 0 Å². The second kappa shape index (κ2) is 7.81. The van der Waals surface area contributed by atoms with Gasteiger partial charge in [-0.1, -0.05) is 39.8 Å². The third-order valence-corrected chi connectivity index (χ3v) is 7.78. The van der Waals surface area contributed by atoms with Gasteiger partial charge >= 0.3 is 0 Å². The topological polar surface area (TPSA) is 36.7 Å². The van der Waals surface area contributed by atoms with Gasteiger partial charge in [-0.25, -0.2) is 0 Å². The van der Waals surface area contributed by atoms with E-state index >= 15 is 0 Å². The average molecular weight is 423 g/mol. The van der Waals surface area contributed by atoms with Crippen LogP contribution in [-0.2, 0) is 17.3 Å². The van der Waals surface area contributed by atoms with Gasteiger partial charge in [-0.3, -0.25) is 4.79 Å². The Kier molecular flexibility index (Phi) is 5.58. The summed E-state index contributed by atoms with van der Waals surface area (Å²) in [6, 6.07) is 8.87. The molecule has 1 aliphatic heterocycles. The SMILES string of the molecule is Cc1cc2c(cc1Cc1ccc(C(=O)N(C)C3CCN(C)C3)o1)C(C)(C)CCC2(C)C. The lowest BCUT2D eigenvalue weighted by Crippen LogP contribution is -2.38. The molecule has 0 spiro atoms. The van der Waals surface area contributed by atoms with Gasteiger partial charge < -0.3 is 14.2 Å². The van der Waals surface area contributed by atoms with Crippen molar-refractivity contribution >= 4 is 5.91 Å². The maximum absolute atomic E-state index is 12.9. The summed E-state index contributed by atoms with van der Waals surface area (Å²) in [5.74, 6) is 1.29. The first-order chi connectivity index (χ1) is 14.5. The molecule has 2 aliphatic rings. The van der Waals surface area contributed by atoms with Crippen molar-refractivity contribution in [2.24, 2.45) is 0 Å². The Morgan fingerprint density at radius 3 is 2.39 bits per heavy atom. The highest BCUT2D eigenvalue weighted by atomic mass is 16.4. The van der Waals surface area contributed by atoms with E-state index in [1.165, 1.54) is 35.1 Å². The Bertz CT molecular complexity index is 985. The van der Waals surface area contributed by atoms with E-state index in [2.05, 4.69) is 58.7 Å². The molecule has 1 saturated heterocycles.